The maximum Gasteiger partial charge on any atom is 0.0389 e. The van der Waals surface area contributed by atoms with Crippen molar-refractivity contribution in [2.24, 2.45) is 17.3 Å². The first-order chi connectivity index (χ1) is 5.43. The van der Waals surface area contributed by atoms with E-state index in [9.17, 15) is 0 Å². The number of hydrogen-bond donors (Lipinski definition) is 0. The average molecular weight is 189 g/mol. The molecule has 0 amide bonds. The first-order valence-electron chi connectivity index (χ1n) is 5.07. The van der Waals surface area contributed by atoms with Crippen molar-refractivity contribution in [1.82, 2.24) is 0 Å². The normalized spacial score (nSPS) is 35.5. The second-order valence-electron chi connectivity index (χ2n) is 5.23. The first-order valence-corrected chi connectivity index (χ1v) is 5.51. The van der Waals surface area contributed by atoms with Crippen molar-refractivity contribution in [3.05, 3.63) is 0 Å². The van der Waals surface area contributed by atoms with E-state index in [1.807, 2.05) is 0 Å². The molecule has 72 valence electrons. The van der Waals surface area contributed by atoms with Gasteiger partial charge >= 0.3 is 0 Å². The zero-order valence-electron chi connectivity index (χ0n) is 8.73. The predicted molar refractivity (Wildman–Crippen MR) is 55.6 cm³/mol. The Morgan fingerprint density at radius 3 is 2.33 bits per heavy atom. The van der Waals surface area contributed by atoms with Gasteiger partial charge in [0.15, 0.2) is 0 Å². The summed E-state index contributed by atoms with van der Waals surface area (Å²) in [5, 5.41) is 0.388. The van der Waals surface area contributed by atoms with Crippen LogP contribution in [-0.4, -0.2) is 5.38 Å². The summed E-state index contributed by atoms with van der Waals surface area (Å²) in [4.78, 5) is 0. The Hall–Kier alpha value is 0.290. The third-order valence-corrected chi connectivity index (χ3v) is 4.23. The van der Waals surface area contributed by atoms with Gasteiger partial charge in [-0.1, -0.05) is 27.7 Å². The van der Waals surface area contributed by atoms with Gasteiger partial charge in [0.2, 0.25) is 0 Å². The molecule has 0 nitrogen and oxygen atoms in total. The molecule has 0 radical (unpaired) electrons. The summed E-state index contributed by atoms with van der Waals surface area (Å²) >= 11 is 6.35. The number of alkyl halides is 1. The zero-order chi connectivity index (χ0) is 9.35. The minimum absolute atomic E-state index is 0.368. The first kappa shape index (κ1) is 10.4. The minimum atomic E-state index is 0.368. The minimum Gasteiger partial charge on any atom is -0.122 e. The molecule has 1 saturated carbocycles. The van der Waals surface area contributed by atoms with Crippen LogP contribution >= 0.6 is 11.6 Å². The van der Waals surface area contributed by atoms with E-state index in [0.717, 1.165) is 11.8 Å². The molecule has 0 N–H and O–H groups in total. The lowest BCUT2D eigenvalue weighted by Gasteiger charge is -2.40. The fourth-order valence-corrected chi connectivity index (χ4v) is 2.36. The molecule has 0 heterocycles. The van der Waals surface area contributed by atoms with E-state index < -0.39 is 0 Å². The van der Waals surface area contributed by atoms with Gasteiger partial charge in [0, 0.05) is 5.38 Å². The van der Waals surface area contributed by atoms with Gasteiger partial charge in [-0.25, -0.2) is 0 Å². The fourth-order valence-electron chi connectivity index (χ4n) is 2.02. The van der Waals surface area contributed by atoms with E-state index in [4.69, 9.17) is 11.6 Å². The van der Waals surface area contributed by atoms with E-state index in [1.54, 1.807) is 0 Å². The van der Waals surface area contributed by atoms with Gasteiger partial charge in [0.25, 0.3) is 0 Å². The van der Waals surface area contributed by atoms with Crippen LogP contribution in [0.15, 0.2) is 0 Å². The summed E-state index contributed by atoms with van der Waals surface area (Å²) < 4.78 is 0. The molecule has 0 aromatic heterocycles. The Kier molecular flexibility index (Phi) is 3.09. The number of rotatable bonds is 1. The van der Waals surface area contributed by atoms with Gasteiger partial charge in [-0.3, -0.25) is 0 Å². The summed E-state index contributed by atoms with van der Waals surface area (Å²) in [6, 6.07) is 0. The summed E-state index contributed by atoms with van der Waals surface area (Å²) in [7, 11) is 0. The van der Waals surface area contributed by atoms with Crippen LogP contribution in [0.4, 0.5) is 0 Å². The highest BCUT2D eigenvalue weighted by atomic mass is 35.5. The van der Waals surface area contributed by atoms with Crippen molar-refractivity contribution in [2.45, 2.75) is 52.3 Å². The molecule has 1 heteroatoms. The Morgan fingerprint density at radius 2 is 1.92 bits per heavy atom. The van der Waals surface area contributed by atoms with Gasteiger partial charge in [-0.05, 0) is 36.5 Å². The van der Waals surface area contributed by atoms with Gasteiger partial charge in [0.05, 0.1) is 0 Å². The van der Waals surface area contributed by atoms with Crippen LogP contribution in [0.3, 0.4) is 0 Å². The lowest BCUT2D eigenvalue weighted by atomic mass is 9.70. The molecular formula is C11H21Cl. The van der Waals surface area contributed by atoms with Crippen LogP contribution in [0.1, 0.15) is 47.0 Å². The quantitative estimate of drug-likeness (QED) is 0.545. The van der Waals surface area contributed by atoms with Crippen LogP contribution in [0.25, 0.3) is 0 Å². The standard InChI is InChI=1S/C11H21Cl/c1-8(2)9-5-6-11(3,4)10(12)7-9/h8-10H,5-7H2,1-4H3. The van der Waals surface area contributed by atoms with Crippen LogP contribution in [0.5, 0.6) is 0 Å². The monoisotopic (exact) mass is 188 g/mol. The second-order valence-corrected chi connectivity index (χ2v) is 5.76. The van der Waals surface area contributed by atoms with Crippen molar-refractivity contribution in [3.63, 3.8) is 0 Å². The highest BCUT2D eigenvalue weighted by Gasteiger charge is 2.35. The van der Waals surface area contributed by atoms with E-state index in [2.05, 4.69) is 27.7 Å². The molecule has 2 atom stereocenters. The van der Waals surface area contributed by atoms with Gasteiger partial charge < -0.3 is 0 Å². The molecule has 1 rings (SSSR count). The van der Waals surface area contributed by atoms with E-state index in [-0.39, 0.29) is 0 Å². The summed E-state index contributed by atoms with van der Waals surface area (Å²) in [6.45, 7) is 9.21. The van der Waals surface area contributed by atoms with Crippen LogP contribution in [0.2, 0.25) is 0 Å². The van der Waals surface area contributed by atoms with E-state index in [1.165, 1.54) is 19.3 Å². The largest absolute Gasteiger partial charge is 0.122 e. The molecule has 1 aliphatic carbocycles. The highest BCUT2D eigenvalue weighted by molar-refractivity contribution is 6.21. The molecule has 0 aromatic carbocycles. The van der Waals surface area contributed by atoms with Crippen molar-refractivity contribution < 1.29 is 0 Å². The Balaban J connectivity index is 2.52. The second kappa shape index (κ2) is 3.57. The molecule has 12 heavy (non-hydrogen) atoms. The molecule has 2 unspecified atom stereocenters. The van der Waals surface area contributed by atoms with Gasteiger partial charge in [-0.2, -0.15) is 0 Å². The molecule has 0 spiro atoms. The third kappa shape index (κ3) is 2.16. The Bertz CT molecular complexity index is 149. The molecule has 0 bridgehead atoms. The van der Waals surface area contributed by atoms with Gasteiger partial charge in [0.1, 0.15) is 0 Å². The van der Waals surface area contributed by atoms with Crippen molar-refractivity contribution in [1.29, 1.82) is 0 Å². The van der Waals surface area contributed by atoms with Gasteiger partial charge in [-0.15, -0.1) is 11.6 Å². The molecule has 0 saturated heterocycles. The number of hydrogen-bond acceptors (Lipinski definition) is 0. The van der Waals surface area contributed by atoms with Crippen LogP contribution < -0.4 is 0 Å². The van der Waals surface area contributed by atoms with Crippen LogP contribution in [-0.2, 0) is 0 Å². The predicted octanol–water partition coefficient (Wildman–Crippen LogP) is 4.08. The highest BCUT2D eigenvalue weighted by Crippen LogP contribution is 2.43. The Morgan fingerprint density at radius 1 is 1.33 bits per heavy atom. The molecular weight excluding hydrogens is 168 g/mol. The number of halogens is 1. The average Bonchev–Trinajstić information content (AvgIpc) is 1.94. The van der Waals surface area contributed by atoms with Crippen LogP contribution in [0, 0.1) is 17.3 Å². The lowest BCUT2D eigenvalue weighted by molar-refractivity contribution is 0.167. The molecule has 1 aliphatic rings. The third-order valence-electron chi connectivity index (χ3n) is 3.46. The summed E-state index contributed by atoms with van der Waals surface area (Å²) in [6.07, 6.45) is 3.88. The maximum absolute atomic E-state index is 6.35. The summed E-state index contributed by atoms with van der Waals surface area (Å²) in [5.74, 6) is 1.67. The van der Waals surface area contributed by atoms with E-state index in [0.29, 0.717) is 10.8 Å². The molecule has 0 aromatic rings. The zero-order valence-corrected chi connectivity index (χ0v) is 9.49. The lowest BCUT2D eigenvalue weighted by Crippen LogP contribution is -2.34. The van der Waals surface area contributed by atoms with Crippen molar-refractivity contribution >= 4 is 11.6 Å². The molecule has 0 aliphatic heterocycles. The van der Waals surface area contributed by atoms with Crippen molar-refractivity contribution in [2.75, 3.05) is 0 Å². The summed E-state index contributed by atoms with van der Waals surface area (Å²) in [5.41, 5.74) is 0.368. The molecule has 1 fully saturated rings. The maximum atomic E-state index is 6.35. The SMILES string of the molecule is CC(C)C1CCC(C)(C)C(Cl)C1. The van der Waals surface area contributed by atoms with E-state index >= 15 is 0 Å². The Labute approximate surface area is 81.7 Å². The topological polar surface area (TPSA) is 0 Å². The smallest absolute Gasteiger partial charge is 0.0389 e. The fraction of sp³-hybridized carbons (Fsp3) is 1.00. The van der Waals surface area contributed by atoms with Crippen molar-refractivity contribution in [3.8, 4) is 0 Å².